The van der Waals surface area contributed by atoms with Crippen molar-refractivity contribution in [3.8, 4) is 5.75 Å². The third kappa shape index (κ3) is 3.89. The van der Waals surface area contributed by atoms with Crippen molar-refractivity contribution in [1.29, 1.82) is 0 Å². The Kier molecular flexibility index (Phi) is 5.23. The lowest BCUT2D eigenvalue weighted by Gasteiger charge is -2.23. The van der Waals surface area contributed by atoms with Crippen LogP contribution in [0.3, 0.4) is 0 Å². The van der Waals surface area contributed by atoms with Crippen LogP contribution in [-0.4, -0.2) is 53.1 Å². The van der Waals surface area contributed by atoms with E-state index < -0.39 is 0 Å². The van der Waals surface area contributed by atoms with E-state index in [1.165, 1.54) is 12.8 Å². The van der Waals surface area contributed by atoms with Gasteiger partial charge in [-0.3, -0.25) is 9.78 Å². The molecule has 2 aliphatic heterocycles. The van der Waals surface area contributed by atoms with Crippen LogP contribution in [-0.2, 0) is 4.79 Å². The maximum atomic E-state index is 12.8. The van der Waals surface area contributed by atoms with E-state index in [9.17, 15) is 4.79 Å². The van der Waals surface area contributed by atoms with Gasteiger partial charge in [-0.05, 0) is 43.5 Å². The van der Waals surface area contributed by atoms with Gasteiger partial charge in [-0.15, -0.1) is 0 Å². The van der Waals surface area contributed by atoms with Crippen LogP contribution in [0.5, 0.6) is 5.75 Å². The molecular formula is C21H26N4O2. The first-order valence-electron chi connectivity index (χ1n) is 9.77. The Morgan fingerprint density at radius 2 is 2.00 bits per heavy atom. The van der Waals surface area contributed by atoms with E-state index in [4.69, 9.17) is 4.74 Å². The molecule has 6 nitrogen and oxygen atoms in total. The molecular weight excluding hydrogens is 340 g/mol. The molecule has 2 aromatic rings. The summed E-state index contributed by atoms with van der Waals surface area (Å²) in [4.78, 5) is 25.7. The summed E-state index contributed by atoms with van der Waals surface area (Å²) in [6.45, 7) is 5.36. The Bertz CT molecular complexity index is 777. The highest BCUT2D eigenvalue weighted by molar-refractivity contribution is 5.83. The second-order valence-corrected chi connectivity index (χ2v) is 7.34. The molecule has 2 atom stereocenters. The van der Waals surface area contributed by atoms with E-state index in [-0.39, 0.29) is 17.9 Å². The van der Waals surface area contributed by atoms with Crippen LogP contribution >= 0.6 is 0 Å². The van der Waals surface area contributed by atoms with Crippen molar-refractivity contribution < 1.29 is 9.53 Å². The fourth-order valence-corrected chi connectivity index (χ4v) is 3.89. The Morgan fingerprint density at radius 3 is 2.78 bits per heavy atom. The van der Waals surface area contributed by atoms with Gasteiger partial charge in [0.1, 0.15) is 6.10 Å². The van der Waals surface area contributed by atoms with Crippen molar-refractivity contribution in [1.82, 2.24) is 14.9 Å². The third-order valence-corrected chi connectivity index (χ3v) is 5.46. The predicted molar refractivity (Wildman–Crippen MR) is 104 cm³/mol. The van der Waals surface area contributed by atoms with Crippen molar-refractivity contribution in [3.05, 3.63) is 48.4 Å². The van der Waals surface area contributed by atoms with Gasteiger partial charge >= 0.3 is 0 Å². The molecule has 0 aromatic carbocycles. The van der Waals surface area contributed by atoms with Crippen molar-refractivity contribution in [2.45, 2.75) is 38.2 Å². The fraction of sp³-hybridized carbons (Fsp3) is 0.476. The van der Waals surface area contributed by atoms with Crippen LogP contribution in [0.4, 0.5) is 5.82 Å². The molecule has 4 rings (SSSR count). The van der Waals surface area contributed by atoms with Gasteiger partial charge in [0.05, 0.1) is 12.5 Å². The summed E-state index contributed by atoms with van der Waals surface area (Å²) in [6, 6.07) is 7.73. The topological polar surface area (TPSA) is 58.6 Å². The summed E-state index contributed by atoms with van der Waals surface area (Å²) in [5.41, 5.74) is 0.954. The molecule has 2 aromatic heterocycles. The smallest absolute Gasteiger partial charge is 0.230 e. The molecule has 0 N–H and O–H groups in total. The molecule has 6 heteroatoms. The Morgan fingerprint density at radius 1 is 1.19 bits per heavy atom. The lowest BCUT2D eigenvalue weighted by atomic mass is 10.0. The third-order valence-electron chi connectivity index (χ3n) is 5.46. The summed E-state index contributed by atoms with van der Waals surface area (Å²) in [5, 5.41) is 0. The number of carbonyl (C=O) groups is 1. The first-order chi connectivity index (χ1) is 13.2. The number of hydrogen-bond donors (Lipinski definition) is 0. The standard InChI is InChI=1S/C21H26N4O2/c1-16(17-6-4-9-22-14-17)21(26)25-13-8-18(15-25)27-19-7-5-10-23-20(19)24-11-2-3-12-24/h4-7,9-10,14,16,18H,2-3,8,11-13,15H2,1H3. The van der Waals surface area contributed by atoms with Crippen molar-refractivity contribution in [2.75, 3.05) is 31.1 Å². The number of likely N-dealkylation sites (tertiary alicyclic amines) is 1. The van der Waals surface area contributed by atoms with Crippen LogP contribution < -0.4 is 9.64 Å². The van der Waals surface area contributed by atoms with Crippen LogP contribution in [0.15, 0.2) is 42.9 Å². The molecule has 2 unspecified atom stereocenters. The van der Waals surface area contributed by atoms with Gasteiger partial charge < -0.3 is 14.5 Å². The van der Waals surface area contributed by atoms with E-state index >= 15 is 0 Å². The fourth-order valence-electron chi connectivity index (χ4n) is 3.89. The van der Waals surface area contributed by atoms with E-state index in [0.717, 1.165) is 43.2 Å². The summed E-state index contributed by atoms with van der Waals surface area (Å²) in [6.07, 6.45) is 8.58. The molecule has 2 aliphatic rings. The van der Waals surface area contributed by atoms with Gasteiger partial charge in [0.25, 0.3) is 0 Å². The minimum atomic E-state index is -0.184. The number of nitrogens with zero attached hydrogens (tertiary/aromatic N) is 4. The maximum Gasteiger partial charge on any atom is 0.230 e. The predicted octanol–water partition coefficient (Wildman–Crippen LogP) is 2.86. The second-order valence-electron chi connectivity index (χ2n) is 7.34. The average Bonchev–Trinajstić information content (AvgIpc) is 3.40. The van der Waals surface area contributed by atoms with Crippen LogP contribution in [0.2, 0.25) is 0 Å². The van der Waals surface area contributed by atoms with Crippen molar-refractivity contribution in [2.24, 2.45) is 0 Å². The SMILES string of the molecule is CC(C(=O)N1CCC(Oc2cccnc2N2CCCC2)C1)c1cccnc1. The van der Waals surface area contributed by atoms with Gasteiger partial charge in [0.15, 0.2) is 11.6 Å². The molecule has 0 aliphatic carbocycles. The lowest BCUT2D eigenvalue weighted by molar-refractivity contribution is -0.131. The largest absolute Gasteiger partial charge is 0.485 e. The van der Waals surface area contributed by atoms with Crippen molar-refractivity contribution >= 4 is 11.7 Å². The molecule has 4 heterocycles. The molecule has 0 radical (unpaired) electrons. The molecule has 2 saturated heterocycles. The van der Waals surface area contributed by atoms with E-state index in [1.807, 2.05) is 42.3 Å². The summed E-state index contributed by atoms with van der Waals surface area (Å²) >= 11 is 0. The highest BCUT2D eigenvalue weighted by Gasteiger charge is 2.31. The van der Waals surface area contributed by atoms with Gasteiger partial charge in [-0.1, -0.05) is 6.07 Å². The quantitative estimate of drug-likeness (QED) is 0.814. The Labute approximate surface area is 160 Å². The zero-order chi connectivity index (χ0) is 18.6. The highest BCUT2D eigenvalue weighted by atomic mass is 16.5. The number of amides is 1. The number of rotatable bonds is 5. The molecule has 27 heavy (non-hydrogen) atoms. The minimum Gasteiger partial charge on any atom is -0.485 e. The molecule has 1 amide bonds. The number of hydrogen-bond acceptors (Lipinski definition) is 5. The summed E-state index contributed by atoms with van der Waals surface area (Å²) in [7, 11) is 0. The molecule has 2 fully saturated rings. The molecule has 142 valence electrons. The van der Waals surface area contributed by atoms with Crippen LogP contribution in [0.25, 0.3) is 0 Å². The van der Waals surface area contributed by atoms with Crippen LogP contribution in [0.1, 0.15) is 37.7 Å². The molecule has 0 bridgehead atoms. The lowest BCUT2D eigenvalue weighted by Crippen LogP contribution is -2.34. The number of aromatic nitrogens is 2. The zero-order valence-corrected chi connectivity index (χ0v) is 15.8. The molecule has 0 saturated carbocycles. The van der Waals surface area contributed by atoms with Crippen molar-refractivity contribution in [3.63, 3.8) is 0 Å². The van der Waals surface area contributed by atoms with E-state index in [2.05, 4.69) is 14.9 Å². The maximum absolute atomic E-state index is 12.8. The number of anilines is 1. The summed E-state index contributed by atoms with van der Waals surface area (Å²) < 4.78 is 6.27. The first-order valence-corrected chi connectivity index (χ1v) is 9.77. The zero-order valence-electron chi connectivity index (χ0n) is 15.8. The minimum absolute atomic E-state index is 0.0144. The average molecular weight is 366 g/mol. The Hall–Kier alpha value is -2.63. The first kappa shape index (κ1) is 17.8. The number of ether oxygens (including phenoxy) is 1. The highest BCUT2D eigenvalue weighted by Crippen LogP contribution is 2.31. The van der Waals surface area contributed by atoms with Gasteiger partial charge in [-0.2, -0.15) is 0 Å². The van der Waals surface area contributed by atoms with Crippen LogP contribution in [0, 0.1) is 0 Å². The van der Waals surface area contributed by atoms with Gasteiger partial charge in [0, 0.05) is 44.6 Å². The normalized spacial score (nSPS) is 20.7. The Balaban J connectivity index is 1.40. The molecule has 0 spiro atoms. The monoisotopic (exact) mass is 366 g/mol. The van der Waals surface area contributed by atoms with Gasteiger partial charge in [0.2, 0.25) is 5.91 Å². The number of carbonyl (C=O) groups excluding carboxylic acids is 1. The summed E-state index contributed by atoms with van der Waals surface area (Å²) in [5.74, 6) is 1.72. The second kappa shape index (κ2) is 7.94. The van der Waals surface area contributed by atoms with E-state index in [0.29, 0.717) is 6.54 Å². The van der Waals surface area contributed by atoms with E-state index in [1.54, 1.807) is 12.4 Å². The number of pyridine rings is 2. The van der Waals surface area contributed by atoms with Gasteiger partial charge in [-0.25, -0.2) is 4.98 Å².